The van der Waals surface area contributed by atoms with Crippen molar-refractivity contribution in [2.24, 2.45) is 5.92 Å². The van der Waals surface area contributed by atoms with E-state index in [-0.39, 0.29) is 24.8 Å². The lowest BCUT2D eigenvalue weighted by molar-refractivity contribution is -0.146. The van der Waals surface area contributed by atoms with Gasteiger partial charge in [0.05, 0.1) is 65.6 Å². The minimum absolute atomic E-state index is 0.101. The van der Waals surface area contributed by atoms with Crippen LogP contribution in [0.1, 0.15) is 24.1 Å². The quantitative estimate of drug-likeness (QED) is 0.0825. The van der Waals surface area contributed by atoms with Gasteiger partial charge in [-0.05, 0) is 86.5 Å². The number of allylic oxidation sites excluding steroid dienone is 2. The number of ether oxygens (including phenoxy) is 5. The van der Waals surface area contributed by atoms with Crippen molar-refractivity contribution in [3.8, 4) is 56.9 Å². The summed E-state index contributed by atoms with van der Waals surface area (Å²) in [6.45, 7) is 3.50. The van der Waals surface area contributed by atoms with E-state index in [0.717, 1.165) is 39.9 Å². The number of aromatic nitrogens is 4. The third-order valence-electron chi connectivity index (χ3n) is 10.1. The van der Waals surface area contributed by atoms with E-state index >= 15 is 0 Å². The number of rotatable bonds is 18. The van der Waals surface area contributed by atoms with Crippen LogP contribution in [0.25, 0.3) is 43.9 Å². The molecule has 6 aromatic rings. The second-order valence-corrected chi connectivity index (χ2v) is 15.6. The summed E-state index contributed by atoms with van der Waals surface area (Å²) >= 11 is 8.21. The topological polar surface area (TPSA) is 138 Å². The first kappa shape index (κ1) is 42.3. The fourth-order valence-electron chi connectivity index (χ4n) is 7.07. The van der Waals surface area contributed by atoms with Crippen LogP contribution in [0.2, 0.25) is 5.02 Å². The van der Waals surface area contributed by atoms with Crippen molar-refractivity contribution in [2.45, 2.75) is 38.6 Å². The minimum Gasteiger partial charge on any atom is -0.497 e. The highest BCUT2D eigenvalue weighted by molar-refractivity contribution is 7.13. The van der Waals surface area contributed by atoms with Gasteiger partial charge in [0, 0.05) is 42.4 Å². The molecule has 0 bridgehead atoms. The Kier molecular flexibility index (Phi) is 13.7. The molecule has 3 aromatic carbocycles. The van der Waals surface area contributed by atoms with Crippen molar-refractivity contribution >= 4 is 39.2 Å². The third-order valence-corrected chi connectivity index (χ3v) is 11.4. The van der Waals surface area contributed by atoms with Gasteiger partial charge in [-0.1, -0.05) is 66.2 Å². The Morgan fingerprint density at radius 3 is 2.60 bits per heavy atom. The van der Waals surface area contributed by atoms with Crippen LogP contribution in [-0.4, -0.2) is 89.0 Å². The van der Waals surface area contributed by atoms with Gasteiger partial charge in [-0.2, -0.15) is 4.37 Å². The fourth-order valence-corrected chi connectivity index (χ4v) is 7.99. The number of pyridine rings is 1. The highest BCUT2D eigenvalue weighted by Gasteiger charge is 2.31. The molecule has 0 radical (unpaired) electrons. The summed E-state index contributed by atoms with van der Waals surface area (Å²) in [5, 5.41) is 11.7. The van der Waals surface area contributed by atoms with Crippen molar-refractivity contribution in [2.75, 3.05) is 41.5 Å². The molecule has 3 aromatic heterocycles. The molecule has 60 heavy (non-hydrogen) atoms. The highest BCUT2D eigenvalue weighted by atomic mass is 35.5. The Morgan fingerprint density at radius 2 is 1.80 bits per heavy atom. The summed E-state index contributed by atoms with van der Waals surface area (Å²) in [6.07, 6.45) is 10.3. The van der Waals surface area contributed by atoms with Crippen LogP contribution in [-0.2, 0) is 16.1 Å². The number of para-hydroxylation sites is 1. The first-order valence-corrected chi connectivity index (χ1v) is 20.6. The SMILES string of the molecule is COc1cccc(-c2ncc3snc(OC(CC4C=CC=CC4OCc4ccnc(-c5ccccc5OC)n4)C(=O)O)c3c2-c2ccc(OCCCN(C)C)c(Cl)c2C)c1. The molecular weight excluding hydrogens is 802 g/mol. The zero-order valence-corrected chi connectivity index (χ0v) is 35.6. The lowest BCUT2D eigenvalue weighted by atomic mass is 9.91. The third kappa shape index (κ3) is 9.61. The first-order chi connectivity index (χ1) is 29.1. The molecule has 0 spiro atoms. The molecule has 7 rings (SSSR count). The standard InChI is InChI=1S/C46H46ClN5O7S/c1-28-33(18-19-37(42(28)47)57-23-11-22-52(2)3)40-41-39(26-49-43(40)30-13-10-14-32(24-30)55-4)60-51-45(41)59-38(46(53)54)25-29-12-6-8-16-35(29)58-27-31-20-21-48-44(50-31)34-15-7-9-17-36(34)56-5/h6-10,12-21,24,26,29,35,38H,11,22-23,25,27H2,1-5H3,(H,53,54). The van der Waals surface area contributed by atoms with Gasteiger partial charge in [0.15, 0.2) is 11.9 Å². The van der Waals surface area contributed by atoms with Gasteiger partial charge in [0.25, 0.3) is 0 Å². The fraction of sp³-hybridized carbons (Fsp3) is 0.283. The predicted octanol–water partition coefficient (Wildman–Crippen LogP) is 9.34. The van der Waals surface area contributed by atoms with Crippen LogP contribution in [0.3, 0.4) is 0 Å². The predicted molar refractivity (Wildman–Crippen MR) is 234 cm³/mol. The number of nitrogens with zero attached hydrogens (tertiary/aromatic N) is 5. The Balaban J connectivity index is 1.19. The monoisotopic (exact) mass is 847 g/mol. The van der Waals surface area contributed by atoms with Gasteiger partial charge < -0.3 is 33.7 Å². The summed E-state index contributed by atoms with van der Waals surface area (Å²) in [5.41, 5.74) is 5.10. The van der Waals surface area contributed by atoms with Crippen LogP contribution in [0.15, 0.2) is 103 Å². The van der Waals surface area contributed by atoms with Crippen LogP contribution >= 0.6 is 23.1 Å². The maximum atomic E-state index is 13.0. The zero-order valence-electron chi connectivity index (χ0n) is 34.0. The molecule has 12 nitrogen and oxygen atoms in total. The minimum atomic E-state index is -1.28. The van der Waals surface area contributed by atoms with Crippen molar-refractivity contribution in [1.82, 2.24) is 24.2 Å². The van der Waals surface area contributed by atoms with E-state index in [1.807, 2.05) is 106 Å². The van der Waals surface area contributed by atoms with Gasteiger partial charge in [-0.3, -0.25) is 4.98 Å². The molecule has 0 saturated heterocycles. The normalized spacial score (nSPS) is 15.3. The summed E-state index contributed by atoms with van der Waals surface area (Å²) in [4.78, 5) is 29.2. The van der Waals surface area contributed by atoms with Gasteiger partial charge in [0.2, 0.25) is 5.88 Å². The molecule has 0 amide bonds. The number of aliphatic carboxylic acids is 1. The summed E-state index contributed by atoms with van der Waals surface area (Å²) < 4.78 is 35.4. The summed E-state index contributed by atoms with van der Waals surface area (Å²) in [6, 6.07) is 20.8. The van der Waals surface area contributed by atoms with Crippen LogP contribution < -0.4 is 18.9 Å². The number of hydrogen-bond acceptors (Lipinski definition) is 12. The van der Waals surface area contributed by atoms with E-state index in [1.165, 1.54) is 11.5 Å². The van der Waals surface area contributed by atoms with Crippen molar-refractivity contribution in [3.05, 3.63) is 120 Å². The molecule has 3 atom stereocenters. The van der Waals surface area contributed by atoms with E-state index in [9.17, 15) is 9.90 Å². The Morgan fingerprint density at radius 1 is 0.967 bits per heavy atom. The van der Waals surface area contributed by atoms with Crippen LogP contribution in [0.5, 0.6) is 23.1 Å². The van der Waals surface area contributed by atoms with Crippen molar-refractivity contribution in [3.63, 3.8) is 0 Å². The summed E-state index contributed by atoms with van der Waals surface area (Å²) in [5.74, 6) is 1.13. The number of carboxylic acid groups (broad SMARTS) is 1. The number of carbonyl (C=O) groups is 1. The molecule has 1 N–H and O–H groups in total. The number of fused-ring (bicyclic) bond motifs is 1. The Hall–Kier alpha value is -5.86. The van der Waals surface area contributed by atoms with E-state index in [1.54, 1.807) is 32.7 Å². The van der Waals surface area contributed by atoms with E-state index in [4.69, 9.17) is 45.3 Å². The molecule has 0 aliphatic heterocycles. The Labute approximate surface area is 358 Å². The average molecular weight is 848 g/mol. The van der Waals surface area contributed by atoms with Gasteiger partial charge in [0.1, 0.15) is 17.2 Å². The van der Waals surface area contributed by atoms with Crippen molar-refractivity contribution < 1.29 is 33.6 Å². The molecule has 0 fully saturated rings. The molecule has 3 unspecified atom stereocenters. The maximum Gasteiger partial charge on any atom is 0.344 e. The number of benzene rings is 3. The smallest absolute Gasteiger partial charge is 0.344 e. The number of hydrogen-bond donors (Lipinski definition) is 1. The van der Waals surface area contributed by atoms with Gasteiger partial charge in [-0.25, -0.2) is 14.8 Å². The average Bonchev–Trinajstić information content (AvgIpc) is 3.68. The highest BCUT2D eigenvalue weighted by Crippen LogP contribution is 2.46. The van der Waals surface area contributed by atoms with Crippen LogP contribution in [0.4, 0.5) is 0 Å². The number of carboxylic acids is 1. The first-order valence-electron chi connectivity index (χ1n) is 19.5. The number of halogens is 1. The maximum absolute atomic E-state index is 13.0. The lowest BCUT2D eigenvalue weighted by Gasteiger charge is -2.27. The van der Waals surface area contributed by atoms with Gasteiger partial charge >= 0.3 is 5.97 Å². The molecule has 14 heteroatoms. The molecule has 1 aliphatic rings. The van der Waals surface area contributed by atoms with Crippen LogP contribution in [0, 0.1) is 12.8 Å². The molecular formula is C46H46ClN5O7S. The molecule has 310 valence electrons. The van der Waals surface area contributed by atoms with E-state index in [0.29, 0.717) is 57.0 Å². The van der Waals surface area contributed by atoms with E-state index < -0.39 is 18.2 Å². The second kappa shape index (κ2) is 19.5. The molecule has 3 heterocycles. The largest absolute Gasteiger partial charge is 0.497 e. The second-order valence-electron chi connectivity index (χ2n) is 14.5. The Bertz CT molecular complexity index is 2530. The van der Waals surface area contributed by atoms with Crippen molar-refractivity contribution in [1.29, 1.82) is 0 Å². The number of methoxy groups -OCH3 is 2. The molecule has 1 aliphatic carbocycles. The van der Waals surface area contributed by atoms with Gasteiger partial charge in [-0.15, -0.1) is 0 Å². The van der Waals surface area contributed by atoms with E-state index in [2.05, 4.69) is 14.3 Å². The molecule has 0 saturated carbocycles. The summed E-state index contributed by atoms with van der Waals surface area (Å²) in [7, 11) is 7.26. The lowest BCUT2D eigenvalue weighted by Crippen LogP contribution is -2.34. The zero-order chi connectivity index (χ0) is 42.2.